The minimum atomic E-state index is -0.903. The van der Waals surface area contributed by atoms with E-state index in [0.29, 0.717) is 16.3 Å². The first-order chi connectivity index (χ1) is 16.3. The maximum Gasteiger partial charge on any atom is 0.338 e. The minimum Gasteiger partial charge on any atom is -0.483 e. The molecule has 0 spiro atoms. The lowest BCUT2D eigenvalue weighted by molar-refractivity contribution is -0.139. The molecular weight excluding hydrogens is 481 g/mol. The molecule has 34 heavy (non-hydrogen) atoms. The molecule has 3 rings (SSSR count). The second-order valence-corrected chi connectivity index (χ2v) is 7.88. The topological polar surface area (TPSA) is 124 Å². The molecule has 1 amide bonds. The monoisotopic (exact) mass is 501 g/mol. The fourth-order valence-electron chi connectivity index (χ4n) is 3.45. The molecule has 176 valence electrons. The average Bonchev–Trinajstić information content (AvgIpc) is 2.80. The fourth-order valence-corrected chi connectivity index (χ4v) is 3.79. The van der Waals surface area contributed by atoms with Gasteiger partial charge in [-0.25, -0.2) is 4.79 Å². The van der Waals surface area contributed by atoms with Gasteiger partial charge in [0.05, 0.1) is 33.8 Å². The number of para-hydroxylation sites is 1. The van der Waals surface area contributed by atoms with Crippen LogP contribution in [0, 0.1) is 11.3 Å². The van der Waals surface area contributed by atoms with Crippen molar-refractivity contribution in [1.29, 1.82) is 5.26 Å². The zero-order valence-electron chi connectivity index (χ0n) is 18.4. The highest BCUT2D eigenvalue weighted by atomic mass is 35.5. The van der Waals surface area contributed by atoms with Crippen molar-refractivity contribution in [3.8, 4) is 11.8 Å². The number of nitrogens with one attached hydrogen (secondary N) is 1. The Morgan fingerprint density at radius 3 is 2.65 bits per heavy atom. The standard InChI is InChI=1S/C24H21Cl2N3O5/c1-3-32-24(31)20-13(2)34-23(28)15(11-27)21(20)14-7-4-5-10-18(14)33-12-19(30)29-17-9-6-8-16(25)22(17)26/h4-10,21H,3,12,28H2,1-2H3,(H,29,30). The Morgan fingerprint density at radius 2 is 1.94 bits per heavy atom. The molecule has 0 saturated carbocycles. The van der Waals surface area contributed by atoms with E-state index >= 15 is 0 Å². The molecule has 0 aliphatic carbocycles. The highest BCUT2D eigenvalue weighted by Gasteiger charge is 2.37. The molecule has 2 aromatic carbocycles. The Hall–Kier alpha value is -3.67. The predicted octanol–water partition coefficient (Wildman–Crippen LogP) is 4.66. The molecular formula is C24H21Cl2N3O5. The van der Waals surface area contributed by atoms with E-state index in [-0.39, 0.29) is 46.8 Å². The first kappa shape index (κ1) is 25.0. The van der Waals surface area contributed by atoms with E-state index in [1.165, 1.54) is 0 Å². The summed E-state index contributed by atoms with van der Waals surface area (Å²) >= 11 is 12.1. The Labute approximate surface area is 206 Å². The van der Waals surface area contributed by atoms with Gasteiger partial charge in [0.25, 0.3) is 5.91 Å². The number of ether oxygens (including phenoxy) is 3. The van der Waals surface area contributed by atoms with Crippen LogP contribution in [-0.4, -0.2) is 25.1 Å². The molecule has 1 heterocycles. The highest BCUT2D eigenvalue weighted by molar-refractivity contribution is 6.44. The van der Waals surface area contributed by atoms with Crippen molar-refractivity contribution in [2.45, 2.75) is 19.8 Å². The molecule has 10 heteroatoms. The zero-order chi connectivity index (χ0) is 24.8. The largest absolute Gasteiger partial charge is 0.483 e. The van der Waals surface area contributed by atoms with Gasteiger partial charge in [-0.3, -0.25) is 4.79 Å². The lowest BCUT2D eigenvalue weighted by Gasteiger charge is -2.28. The number of carbonyl (C=O) groups is 2. The Balaban J connectivity index is 1.91. The lowest BCUT2D eigenvalue weighted by atomic mass is 9.82. The van der Waals surface area contributed by atoms with E-state index < -0.39 is 17.8 Å². The van der Waals surface area contributed by atoms with Gasteiger partial charge < -0.3 is 25.3 Å². The van der Waals surface area contributed by atoms with Crippen molar-refractivity contribution < 1.29 is 23.8 Å². The van der Waals surface area contributed by atoms with Crippen molar-refractivity contribution >= 4 is 40.8 Å². The number of hydrogen-bond donors (Lipinski definition) is 2. The third-order valence-corrected chi connectivity index (χ3v) is 5.73. The van der Waals surface area contributed by atoms with E-state index in [1.807, 2.05) is 6.07 Å². The van der Waals surface area contributed by atoms with Crippen LogP contribution in [0.1, 0.15) is 25.3 Å². The SMILES string of the molecule is CCOC(=O)C1=C(C)OC(N)=C(C#N)C1c1ccccc1OCC(=O)Nc1cccc(Cl)c1Cl. The number of rotatable bonds is 7. The summed E-state index contributed by atoms with van der Waals surface area (Å²) < 4.78 is 16.4. The van der Waals surface area contributed by atoms with E-state index in [4.69, 9.17) is 43.1 Å². The summed E-state index contributed by atoms with van der Waals surface area (Å²) in [4.78, 5) is 25.2. The number of allylic oxidation sites excluding steroid dienone is 2. The van der Waals surface area contributed by atoms with Gasteiger partial charge in [0.1, 0.15) is 23.2 Å². The van der Waals surface area contributed by atoms with Gasteiger partial charge in [0.15, 0.2) is 6.61 Å². The molecule has 0 saturated heterocycles. The number of halogens is 2. The number of hydrogen-bond acceptors (Lipinski definition) is 7. The maximum atomic E-state index is 12.7. The number of anilines is 1. The van der Waals surface area contributed by atoms with Crippen LogP contribution in [0.3, 0.4) is 0 Å². The highest BCUT2D eigenvalue weighted by Crippen LogP contribution is 2.43. The Bertz CT molecular complexity index is 1230. The summed E-state index contributed by atoms with van der Waals surface area (Å²) in [6.45, 7) is 2.99. The minimum absolute atomic E-state index is 0.0277. The molecule has 1 unspecified atom stereocenters. The van der Waals surface area contributed by atoms with Crippen molar-refractivity contribution in [2.75, 3.05) is 18.5 Å². The zero-order valence-corrected chi connectivity index (χ0v) is 19.9. The van der Waals surface area contributed by atoms with Crippen LogP contribution < -0.4 is 15.8 Å². The number of esters is 1. The van der Waals surface area contributed by atoms with Gasteiger partial charge in [0.2, 0.25) is 5.88 Å². The summed E-state index contributed by atoms with van der Waals surface area (Å²) in [5.41, 5.74) is 6.89. The van der Waals surface area contributed by atoms with Crippen LogP contribution in [0.15, 0.2) is 65.3 Å². The van der Waals surface area contributed by atoms with Crippen molar-refractivity contribution in [3.05, 3.63) is 80.9 Å². The third kappa shape index (κ3) is 5.28. The third-order valence-electron chi connectivity index (χ3n) is 4.92. The Kier molecular flexibility index (Phi) is 8.05. The smallest absolute Gasteiger partial charge is 0.338 e. The van der Waals surface area contributed by atoms with Crippen LogP contribution in [0.4, 0.5) is 5.69 Å². The molecule has 0 radical (unpaired) electrons. The summed E-state index contributed by atoms with van der Waals surface area (Å²) in [5, 5.41) is 12.9. The summed E-state index contributed by atoms with van der Waals surface area (Å²) in [7, 11) is 0. The van der Waals surface area contributed by atoms with Crippen molar-refractivity contribution in [1.82, 2.24) is 0 Å². The summed E-state index contributed by atoms with van der Waals surface area (Å²) in [6, 6.07) is 13.6. The van der Waals surface area contributed by atoms with E-state index in [9.17, 15) is 14.9 Å². The molecule has 1 aliphatic heterocycles. The van der Waals surface area contributed by atoms with E-state index in [1.54, 1.807) is 56.3 Å². The van der Waals surface area contributed by atoms with Gasteiger partial charge in [-0.15, -0.1) is 0 Å². The van der Waals surface area contributed by atoms with Gasteiger partial charge in [-0.05, 0) is 32.0 Å². The fraction of sp³-hybridized carbons (Fsp3) is 0.208. The Morgan fingerprint density at radius 1 is 1.21 bits per heavy atom. The number of nitriles is 1. The molecule has 0 fully saturated rings. The number of benzene rings is 2. The van der Waals surface area contributed by atoms with Crippen molar-refractivity contribution in [2.24, 2.45) is 5.73 Å². The van der Waals surface area contributed by atoms with E-state index in [2.05, 4.69) is 5.32 Å². The van der Waals surface area contributed by atoms with Gasteiger partial charge in [-0.1, -0.05) is 47.5 Å². The molecule has 1 atom stereocenters. The average molecular weight is 502 g/mol. The molecule has 2 aromatic rings. The van der Waals surface area contributed by atoms with Crippen LogP contribution in [0.5, 0.6) is 5.75 Å². The molecule has 0 bridgehead atoms. The lowest BCUT2D eigenvalue weighted by Crippen LogP contribution is -2.26. The molecule has 0 aromatic heterocycles. The van der Waals surface area contributed by atoms with Crippen LogP contribution >= 0.6 is 23.2 Å². The molecule has 8 nitrogen and oxygen atoms in total. The van der Waals surface area contributed by atoms with Crippen molar-refractivity contribution in [3.63, 3.8) is 0 Å². The first-order valence-electron chi connectivity index (χ1n) is 10.2. The van der Waals surface area contributed by atoms with Crippen LogP contribution in [0.2, 0.25) is 10.0 Å². The number of nitrogens with two attached hydrogens (primary N) is 1. The summed E-state index contributed by atoms with van der Waals surface area (Å²) in [5.74, 6) is -1.67. The van der Waals surface area contributed by atoms with E-state index in [0.717, 1.165) is 0 Å². The summed E-state index contributed by atoms with van der Waals surface area (Å²) in [6.07, 6.45) is 0. The predicted molar refractivity (Wildman–Crippen MR) is 127 cm³/mol. The molecule has 3 N–H and O–H groups in total. The second-order valence-electron chi connectivity index (χ2n) is 7.09. The van der Waals surface area contributed by atoms with Gasteiger partial charge >= 0.3 is 5.97 Å². The molecule has 1 aliphatic rings. The number of nitrogens with zero attached hydrogens (tertiary/aromatic N) is 1. The normalized spacial score (nSPS) is 15.3. The number of carbonyl (C=O) groups excluding carboxylic acids is 2. The quantitative estimate of drug-likeness (QED) is 0.528. The number of amides is 1. The van der Waals surface area contributed by atoms with Crippen LogP contribution in [-0.2, 0) is 19.1 Å². The van der Waals surface area contributed by atoms with Crippen LogP contribution in [0.25, 0.3) is 0 Å². The van der Waals surface area contributed by atoms with Gasteiger partial charge in [-0.2, -0.15) is 5.26 Å². The first-order valence-corrected chi connectivity index (χ1v) is 10.9. The van der Waals surface area contributed by atoms with Gasteiger partial charge in [0, 0.05) is 5.56 Å². The second kappa shape index (κ2) is 11.0. The maximum absolute atomic E-state index is 12.7.